The molecule has 0 saturated carbocycles. The van der Waals surface area contributed by atoms with Gasteiger partial charge in [0.1, 0.15) is 0 Å². The van der Waals surface area contributed by atoms with Gasteiger partial charge in [-0.1, -0.05) is 0 Å². The van der Waals surface area contributed by atoms with E-state index in [1.807, 2.05) is 0 Å². The predicted octanol–water partition coefficient (Wildman–Crippen LogP) is -0.320. The summed E-state index contributed by atoms with van der Waals surface area (Å²) in [5.74, 6) is 0.891. The van der Waals surface area contributed by atoms with Gasteiger partial charge in [0.2, 0.25) is 0 Å². The van der Waals surface area contributed by atoms with Gasteiger partial charge in [-0.25, -0.2) is 0 Å². The van der Waals surface area contributed by atoms with E-state index in [9.17, 15) is 4.79 Å². The number of carbonyl (C=O) groups is 2. The number of carboxylic acids is 1. The standard InChI is InChI=1S/C4H3BO.C2H4O2/c6-4-2-1-3-5-4;1-2(3)4/h1-3H;1H3,(H,3,4). The third-order valence-corrected chi connectivity index (χ3v) is 0.632. The Labute approximate surface area is 59.3 Å². The Bertz CT molecular complexity index is 175. The third-order valence-electron chi connectivity index (χ3n) is 0.632. The maximum absolute atomic E-state index is 10.1. The molecule has 0 radical (unpaired) electrons. The van der Waals surface area contributed by atoms with Crippen molar-refractivity contribution in [2.75, 3.05) is 0 Å². The Morgan fingerprint density at radius 3 is 2.30 bits per heavy atom. The molecule has 0 aromatic heterocycles. The summed E-state index contributed by atoms with van der Waals surface area (Å²) in [6.07, 6.45) is 3.25. The molecule has 3 nitrogen and oxygen atoms in total. The zero-order valence-electron chi connectivity index (χ0n) is 5.57. The summed E-state index contributed by atoms with van der Waals surface area (Å²) in [6, 6.07) is 0. The summed E-state index contributed by atoms with van der Waals surface area (Å²) in [4.78, 5) is 19.1. The number of hydrogen-bond acceptors (Lipinski definition) is 2. The van der Waals surface area contributed by atoms with Gasteiger partial charge >= 0.3 is 35.5 Å². The summed E-state index contributed by atoms with van der Waals surface area (Å²) in [5, 5.41) is 7.42. The molecule has 1 rings (SSSR count). The molecular formula is C6H7BO3. The fourth-order valence-electron chi connectivity index (χ4n) is 0.356. The van der Waals surface area contributed by atoms with Crippen molar-refractivity contribution in [2.45, 2.75) is 6.92 Å². The second-order valence-electron chi connectivity index (χ2n) is 1.64. The van der Waals surface area contributed by atoms with Crippen LogP contribution in [0, 0.1) is 0 Å². The molecule has 0 saturated heterocycles. The second kappa shape index (κ2) is 4.67. The molecule has 1 N–H and O–H groups in total. The van der Waals surface area contributed by atoms with Crippen molar-refractivity contribution in [2.24, 2.45) is 0 Å². The average Bonchev–Trinajstić information content (AvgIpc) is 2.15. The van der Waals surface area contributed by atoms with Gasteiger partial charge in [-0.2, -0.15) is 0 Å². The third kappa shape index (κ3) is 6.81. The average molecular weight is 138 g/mol. The van der Waals surface area contributed by atoms with Gasteiger partial charge in [0.15, 0.2) is 0 Å². The molecule has 1 aliphatic rings. The monoisotopic (exact) mass is 138 g/mol. The first-order valence-corrected chi connectivity index (χ1v) is 2.71. The first-order valence-electron chi connectivity index (χ1n) is 2.71. The van der Waals surface area contributed by atoms with Crippen LogP contribution in [-0.4, -0.2) is 29.6 Å². The van der Waals surface area contributed by atoms with Crippen LogP contribution in [0.25, 0.3) is 0 Å². The van der Waals surface area contributed by atoms with E-state index in [0.717, 1.165) is 6.92 Å². The molecule has 4 heteroatoms. The van der Waals surface area contributed by atoms with Crippen LogP contribution in [-0.2, 0) is 9.59 Å². The zero-order valence-corrected chi connectivity index (χ0v) is 5.57. The van der Waals surface area contributed by atoms with Crippen molar-refractivity contribution in [3.63, 3.8) is 0 Å². The van der Waals surface area contributed by atoms with E-state index < -0.39 is 5.97 Å². The van der Waals surface area contributed by atoms with E-state index in [0.29, 0.717) is 0 Å². The van der Waals surface area contributed by atoms with Crippen LogP contribution in [0.1, 0.15) is 6.92 Å². The van der Waals surface area contributed by atoms with Crippen molar-refractivity contribution >= 4 is 24.5 Å². The van der Waals surface area contributed by atoms with Crippen LogP contribution < -0.4 is 0 Å². The second-order valence-corrected chi connectivity index (χ2v) is 1.64. The molecule has 52 valence electrons. The molecule has 0 aliphatic carbocycles. The Morgan fingerprint density at radius 2 is 2.20 bits per heavy atom. The van der Waals surface area contributed by atoms with Crippen LogP contribution in [0.15, 0.2) is 12.2 Å². The van der Waals surface area contributed by atoms with Gasteiger partial charge < -0.3 is 5.11 Å². The van der Waals surface area contributed by atoms with Gasteiger partial charge in [0.05, 0.1) is 0 Å². The predicted molar refractivity (Wildman–Crippen MR) is 39.3 cm³/mol. The molecule has 0 fully saturated rings. The van der Waals surface area contributed by atoms with Gasteiger partial charge in [-0.15, -0.1) is 0 Å². The quantitative estimate of drug-likeness (QED) is 0.466. The van der Waals surface area contributed by atoms with Crippen LogP contribution in [0.5, 0.6) is 0 Å². The van der Waals surface area contributed by atoms with Crippen molar-refractivity contribution in [3.8, 4) is 0 Å². The normalized spacial score (nSPS) is 11.9. The van der Waals surface area contributed by atoms with E-state index in [2.05, 4.69) is 0 Å². The van der Waals surface area contributed by atoms with Crippen molar-refractivity contribution in [3.05, 3.63) is 12.2 Å². The van der Waals surface area contributed by atoms with Crippen molar-refractivity contribution in [1.82, 2.24) is 0 Å². The van der Waals surface area contributed by atoms with Crippen LogP contribution >= 0.6 is 0 Å². The van der Waals surface area contributed by atoms with E-state index in [1.165, 1.54) is 13.0 Å². The maximum atomic E-state index is 10.1. The van der Waals surface area contributed by atoms with Crippen molar-refractivity contribution in [1.29, 1.82) is 0 Å². The molecule has 0 unspecified atom stereocenters. The molecule has 1 heterocycles. The summed E-state index contributed by atoms with van der Waals surface area (Å²) < 4.78 is 0. The van der Waals surface area contributed by atoms with Gasteiger partial charge in [-0.3, -0.25) is 4.79 Å². The number of carbonyl (C=O) groups excluding carboxylic acids is 1. The Hall–Kier alpha value is -1.19. The Balaban J connectivity index is 0.000000180. The topological polar surface area (TPSA) is 54.4 Å². The first-order chi connectivity index (χ1) is 4.63. The number of rotatable bonds is 0. The van der Waals surface area contributed by atoms with Crippen LogP contribution in [0.2, 0.25) is 0 Å². The fraction of sp³-hybridized carbons (Fsp3) is 0.167. The molecule has 0 aromatic rings. The molecule has 10 heavy (non-hydrogen) atoms. The van der Waals surface area contributed by atoms with Crippen molar-refractivity contribution < 1.29 is 14.7 Å². The molecule has 0 spiro atoms. The zero-order chi connectivity index (χ0) is 7.98. The van der Waals surface area contributed by atoms with Gasteiger partial charge in [0.25, 0.3) is 5.97 Å². The molecule has 0 amide bonds. The number of aliphatic carboxylic acids is 1. The van der Waals surface area contributed by atoms with Gasteiger partial charge in [-0.05, 0) is 0 Å². The summed E-state index contributed by atoms with van der Waals surface area (Å²) in [6.45, 7) is 2.61. The summed E-state index contributed by atoms with van der Waals surface area (Å²) in [5.41, 5.74) is 0.0926. The molecule has 0 bridgehead atoms. The molecule has 0 atom stereocenters. The van der Waals surface area contributed by atoms with E-state index in [1.54, 1.807) is 12.0 Å². The van der Waals surface area contributed by atoms with E-state index in [-0.39, 0.29) is 5.68 Å². The fourth-order valence-corrected chi connectivity index (χ4v) is 0.356. The van der Waals surface area contributed by atoms with Crippen LogP contribution in [0.3, 0.4) is 0 Å². The Morgan fingerprint density at radius 1 is 1.70 bits per heavy atom. The van der Waals surface area contributed by atoms with E-state index >= 15 is 0 Å². The Kier molecular flexibility index (Phi) is 4.12. The first kappa shape index (κ1) is 8.81. The molecular weight excluding hydrogens is 131 g/mol. The summed E-state index contributed by atoms with van der Waals surface area (Å²) in [7, 11) is 0. The summed E-state index contributed by atoms with van der Waals surface area (Å²) >= 11 is 0. The number of allylic oxidation sites excluding steroid dienone is 2. The SMILES string of the molecule is CC(=O)O.O=C1B=CC=C1. The van der Waals surface area contributed by atoms with Gasteiger partial charge in [0, 0.05) is 6.92 Å². The molecule has 0 aromatic carbocycles. The minimum atomic E-state index is -0.833. The number of hydrogen-bond donors (Lipinski definition) is 1. The van der Waals surface area contributed by atoms with Crippen LogP contribution in [0.4, 0.5) is 0 Å². The number of carboxylic acid groups (broad SMARTS) is 1. The van der Waals surface area contributed by atoms with E-state index in [4.69, 9.17) is 9.90 Å². The molecule has 1 aliphatic heterocycles. The minimum absolute atomic E-state index is 0.0926.